The quantitative estimate of drug-likeness (QED) is 0.275. The summed E-state index contributed by atoms with van der Waals surface area (Å²) in [5, 5.41) is 2.47. The summed E-state index contributed by atoms with van der Waals surface area (Å²) in [6.45, 7) is 3.33. The zero-order valence-electron chi connectivity index (χ0n) is 22.7. The lowest BCUT2D eigenvalue weighted by molar-refractivity contribution is -0.114. The number of primary amides is 1. The Balaban J connectivity index is 0.000000193. The van der Waals surface area contributed by atoms with Crippen LogP contribution in [0.3, 0.4) is 0 Å². The van der Waals surface area contributed by atoms with Crippen molar-refractivity contribution in [3.05, 3.63) is 94.8 Å². The molecule has 0 saturated heterocycles. The molecule has 41 heavy (non-hydrogen) atoms. The highest BCUT2D eigenvalue weighted by atomic mass is 16.2. The molecule has 2 amide bonds. The van der Waals surface area contributed by atoms with E-state index in [1.54, 1.807) is 6.20 Å². The molecule has 3 heterocycles. The SMILES string of the molecule is CC(=O)Nc1ccc(C(N)=O)cc1C=O.Cc1ccc2nc(-c3cccnc3N)n(-c3ccc4c(c3)CCC4)c2n1. The number of carbonyl (C=O) groups excluding carboxylic acids is 3. The minimum absolute atomic E-state index is 0.224. The van der Waals surface area contributed by atoms with Crippen LogP contribution in [0.4, 0.5) is 11.5 Å². The molecule has 2 aromatic carbocycles. The molecule has 0 radical (unpaired) electrons. The molecular formula is C31H29N7O3. The number of nitrogens with one attached hydrogen (secondary N) is 1. The Morgan fingerprint density at radius 2 is 1.80 bits per heavy atom. The average Bonchev–Trinajstić information content (AvgIpc) is 3.57. The zero-order valence-corrected chi connectivity index (χ0v) is 22.7. The molecule has 0 fully saturated rings. The fourth-order valence-electron chi connectivity index (χ4n) is 4.90. The number of nitrogens with two attached hydrogens (primary N) is 2. The van der Waals surface area contributed by atoms with Crippen molar-refractivity contribution in [1.82, 2.24) is 19.5 Å². The van der Waals surface area contributed by atoms with Crippen LogP contribution in [0.2, 0.25) is 0 Å². The molecule has 3 aromatic heterocycles. The number of carbonyl (C=O) groups is 3. The Kier molecular flexibility index (Phi) is 7.55. The first-order valence-corrected chi connectivity index (χ1v) is 13.1. The number of aldehydes is 1. The summed E-state index contributed by atoms with van der Waals surface area (Å²) >= 11 is 0. The second-order valence-electron chi connectivity index (χ2n) is 9.77. The Morgan fingerprint density at radius 3 is 2.54 bits per heavy atom. The van der Waals surface area contributed by atoms with Crippen molar-refractivity contribution in [2.45, 2.75) is 33.1 Å². The predicted octanol–water partition coefficient (Wildman–Crippen LogP) is 4.42. The maximum Gasteiger partial charge on any atom is 0.248 e. The molecule has 0 spiro atoms. The fourth-order valence-corrected chi connectivity index (χ4v) is 4.90. The standard InChI is InChI=1S/C21H19N5.C10H10N2O3/c1-13-7-10-18-21(24-13)26(16-9-8-14-4-2-5-15(14)12-16)20(25-18)17-6-3-11-23-19(17)22;1-6(14)12-9-3-2-7(10(11)15)4-8(9)5-13/h3,6-12H,2,4-5H2,1H3,(H2,22,23);2-5H,1H3,(H2,11,15)(H,12,14). The van der Waals surface area contributed by atoms with Crippen LogP contribution in [-0.2, 0) is 17.6 Å². The molecule has 0 saturated carbocycles. The molecule has 206 valence electrons. The van der Waals surface area contributed by atoms with Gasteiger partial charge in [0.05, 0.1) is 11.3 Å². The number of aromatic nitrogens is 4. The third-order valence-electron chi connectivity index (χ3n) is 6.84. The number of rotatable bonds is 5. The van der Waals surface area contributed by atoms with Gasteiger partial charge >= 0.3 is 0 Å². The number of nitrogen functional groups attached to an aromatic ring is 1. The van der Waals surface area contributed by atoms with E-state index in [-0.39, 0.29) is 17.0 Å². The Labute approximate surface area is 236 Å². The van der Waals surface area contributed by atoms with Gasteiger partial charge in [-0.25, -0.2) is 15.0 Å². The van der Waals surface area contributed by atoms with Crippen LogP contribution >= 0.6 is 0 Å². The van der Waals surface area contributed by atoms with Crippen LogP contribution in [0.5, 0.6) is 0 Å². The summed E-state index contributed by atoms with van der Waals surface area (Å²) in [4.78, 5) is 46.1. The molecule has 0 aliphatic heterocycles. The van der Waals surface area contributed by atoms with Crippen LogP contribution in [0, 0.1) is 6.92 Å². The lowest BCUT2D eigenvalue weighted by Crippen LogP contribution is -2.13. The number of benzene rings is 2. The molecule has 6 rings (SSSR count). The highest BCUT2D eigenvalue weighted by molar-refractivity contribution is 5.99. The van der Waals surface area contributed by atoms with Gasteiger partial charge in [0.1, 0.15) is 11.3 Å². The van der Waals surface area contributed by atoms with E-state index in [0.717, 1.165) is 40.4 Å². The monoisotopic (exact) mass is 547 g/mol. The molecule has 0 atom stereocenters. The summed E-state index contributed by atoms with van der Waals surface area (Å²) in [5.74, 6) is 0.348. The van der Waals surface area contributed by atoms with E-state index in [9.17, 15) is 14.4 Å². The normalized spacial score (nSPS) is 11.9. The third-order valence-corrected chi connectivity index (χ3v) is 6.84. The van der Waals surface area contributed by atoms with Gasteiger partial charge in [0, 0.05) is 35.6 Å². The van der Waals surface area contributed by atoms with Gasteiger partial charge in [-0.15, -0.1) is 0 Å². The van der Waals surface area contributed by atoms with Crippen molar-refractivity contribution < 1.29 is 14.4 Å². The van der Waals surface area contributed by atoms with Crippen LogP contribution in [-0.4, -0.2) is 37.6 Å². The van der Waals surface area contributed by atoms with Gasteiger partial charge in [0.2, 0.25) is 11.8 Å². The zero-order chi connectivity index (χ0) is 29.1. The Bertz CT molecular complexity index is 1810. The fraction of sp³-hybridized carbons (Fsp3) is 0.161. The molecule has 1 aliphatic rings. The van der Waals surface area contributed by atoms with Crippen LogP contribution < -0.4 is 16.8 Å². The molecule has 10 nitrogen and oxygen atoms in total. The van der Waals surface area contributed by atoms with E-state index in [1.165, 1.54) is 49.1 Å². The maximum absolute atomic E-state index is 10.8. The van der Waals surface area contributed by atoms with Gasteiger partial charge in [0.25, 0.3) is 0 Å². The maximum atomic E-state index is 10.8. The topological polar surface area (TPSA) is 159 Å². The van der Waals surface area contributed by atoms with Gasteiger partial charge < -0.3 is 16.8 Å². The average molecular weight is 548 g/mol. The number of fused-ring (bicyclic) bond motifs is 2. The Hall–Kier alpha value is -5.38. The van der Waals surface area contributed by atoms with E-state index in [1.807, 2.05) is 31.2 Å². The second-order valence-corrected chi connectivity index (χ2v) is 9.77. The third kappa shape index (κ3) is 5.67. The summed E-state index contributed by atoms with van der Waals surface area (Å²) in [5.41, 5.74) is 19.4. The van der Waals surface area contributed by atoms with E-state index in [4.69, 9.17) is 21.4 Å². The van der Waals surface area contributed by atoms with Crippen LogP contribution in [0.15, 0.2) is 66.9 Å². The van der Waals surface area contributed by atoms with Gasteiger partial charge in [-0.2, -0.15) is 0 Å². The van der Waals surface area contributed by atoms with Crippen LogP contribution in [0.25, 0.3) is 28.2 Å². The summed E-state index contributed by atoms with van der Waals surface area (Å²) < 4.78 is 2.11. The number of nitrogens with zero attached hydrogens (tertiary/aromatic N) is 4. The lowest BCUT2D eigenvalue weighted by Gasteiger charge is -2.12. The first-order valence-electron chi connectivity index (χ1n) is 13.1. The highest BCUT2D eigenvalue weighted by Gasteiger charge is 2.19. The summed E-state index contributed by atoms with van der Waals surface area (Å²) in [6, 6.07) is 18.7. The molecule has 5 N–H and O–H groups in total. The van der Waals surface area contributed by atoms with E-state index >= 15 is 0 Å². The van der Waals surface area contributed by atoms with Gasteiger partial charge in [-0.3, -0.25) is 19.0 Å². The number of aryl methyl sites for hydroxylation is 3. The molecule has 0 unspecified atom stereocenters. The minimum atomic E-state index is -0.618. The molecule has 10 heteroatoms. The number of anilines is 2. The Morgan fingerprint density at radius 1 is 1.00 bits per heavy atom. The van der Waals surface area contributed by atoms with E-state index in [0.29, 0.717) is 17.8 Å². The lowest BCUT2D eigenvalue weighted by atomic mass is 10.1. The largest absolute Gasteiger partial charge is 0.383 e. The molecule has 5 aromatic rings. The molecule has 0 bridgehead atoms. The van der Waals surface area contributed by atoms with E-state index < -0.39 is 5.91 Å². The number of hydrogen-bond acceptors (Lipinski definition) is 7. The summed E-state index contributed by atoms with van der Waals surface area (Å²) in [6.07, 6.45) is 5.78. The highest BCUT2D eigenvalue weighted by Crippen LogP contribution is 2.32. The van der Waals surface area contributed by atoms with Crippen LogP contribution in [0.1, 0.15) is 50.9 Å². The van der Waals surface area contributed by atoms with Crippen molar-refractivity contribution in [1.29, 1.82) is 0 Å². The van der Waals surface area contributed by atoms with Gasteiger partial charge in [0.15, 0.2) is 17.8 Å². The number of amides is 2. The second kappa shape index (κ2) is 11.4. The van der Waals surface area contributed by atoms with Gasteiger partial charge in [-0.1, -0.05) is 6.07 Å². The smallest absolute Gasteiger partial charge is 0.248 e. The first kappa shape index (κ1) is 27.2. The first-order chi connectivity index (χ1) is 19.7. The van der Waals surface area contributed by atoms with Crippen molar-refractivity contribution in [2.75, 3.05) is 11.1 Å². The number of imidazole rings is 1. The van der Waals surface area contributed by atoms with Crippen molar-refractivity contribution in [3.8, 4) is 17.1 Å². The van der Waals surface area contributed by atoms with Crippen molar-refractivity contribution >= 4 is 40.8 Å². The molecule has 1 aliphatic carbocycles. The number of pyridine rings is 2. The predicted molar refractivity (Wildman–Crippen MR) is 158 cm³/mol. The van der Waals surface area contributed by atoms with Crippen molar-refractivity contribution in [3.63, 3.8) is 0 Å². The van der Waals surface area contributed by atoms with Crippen molar-refractivity contribution in [2.24, 2.45) is 5.73 Å². The molecular weight excluding hydrogens is 518 g/mol. The summed E-state index contributed by atoms with van der Waals surface area (Å²) in [7, 11) is 0. The van der Waals surface area contributed by atoms with E-state index in [2.05, 4.69) is 33.1 Å². The number of hydrogen-bond donors (Lipinski definition) is 3. The van der Waals surface area contributed by atoms with Gasteiger partial charge in [-0.05, 0) is 91.9 Å². The minimum Gasteiger partial charge on any atom is -0.383 e.